The van der Waals surface area contributed by atoms with Gasteiger partial charge in [0.15, 0.2) is 5.13 Å². The first kappa shape index (κ1) is 22.2. The Morgan fingerprint density at radius 1 is 1.25 bits per heavy atom. The summed E-state index contributed by atoms with van der Waals surface area (Å²) < 4.78 is 33.2. The third kappa shape index (κ3) is 4.75. The first-order chi connectivity index (χ1) is 15.2. The molecule has 9 nitrogen and oxygen atoms in total. The van der Waals surface area contributed by atoms with E-state index < -0.39 is 28.4 Å². The number of anilines is 1. The van der Waals surface area contributed by atoms with Gasteiger partial charge < -0.3 is 9.52 Å². The van der Waals surface area contributed by atoms with Gasteiger partial charge in [-0.05, 0) is 36.4 Å². The molecule has 0 radical (unpaired) electrons. The monoisotopic (exact) mass is 507 g/mol. The van der Waals surface area contributed by atoms with Crippen LogP contribution in [0.2, 0.25) is 0 Å². The second-order valence-corrected chi connectivity index (χ2v) is 10.6. The Bertz CT molecular complexity index is 1330. The number of nitrogens with zero attached hydrogens (tertiary/aromatic N) is 2. The average molecular weight is 508 g/mol. The molecule has 1 fully saturated rings. The number of nitrogens with one attached hydrogen (secondary N) is 1. The number of carbonyl (C=O) groups is 2. The number of hydrogen-bond donors (Lipinski definition) is 2. The van der Waals surface area contributed by atoms with E-state index >= 15 is 0 Å². The molecule has 4 rings (SSSR count). The van der Waals surface area contributed by atoms with Gasteiger partial charge in [0, 0.05) is 23.2 Å². The van der Waals surface area contributed by atoms with Crippen molar-refractivity contribution in [2.75, 3.05) is 11.3 Å². The summed E-state index contributed by atoms with van der Waals surface area (Å²) in [6.45, 7) is -0.502. The Morgan fingerprint density at radius 2 is 2.00 bits per heavy atom. The molecular weight excluding hydrogens is 494 g/mol. The van der Waals surface area contributed by atoms with Gasteiger partial charge in [0.05, 0.1) is 9.80 Å². The van der Waals surface area contributed by atoms with Crippen LogP contribution in [0.15, 0.2) is 62.2 Å². The minimum Gasteiger partial charge on any atom is -0.480 e. The number of hydrogen-bond acceptors (Lipinski definition) is 9. The van der Waals surface area contributed by atoms with Crippen LogP contribution in [0.3, 0.4) is 0 Å². The van der Waals surface area contributed by atoms with Gasteiger partial charge in [0.2, 0.25) is 0 Å². The van der Waals surface area contributed by atoms with E-state index in [0.717, 1.165) is 16.7 Å². The van der Waals surface area contributed by atoms with Crippen molar-refractivity contribution in [3.63, 3.8) is 0 Å². The highest BCUT2D eigenvalue weighted by molar-refractivity contribution is 8.26. The predicted molar refractivity (Wildman–Crippen MR) is 125 cm³/mol. The number of carboxylic acids is 1. The van der Waals surface area contributed by atoms with Crippen molar-refractivity contribution in [1.29, 1.82) is 0 Å². The maximum Gasteiger partial charge on any atom is 0.323 e. The second-order valence-electron chi connectivity index (χ2n) is 6.33. The van der Waals surface area contributed by atoms with Crippen LogP contribution in [0.1, 0.15) is 5.76 Å². The summed E-state index contributed by atoms with van der Waals surface area (Å²) in [7, 11) is -3.76. The molecule has 1 saturated heterocycles. The van der Waals surface area contributed by atoms with Crippen molar-refractivity contribution in [3.05, 3.63) is 58.6 Å². The maximum atomic E-state index is 12.4. The molecule has 2 N–H and O–H groups in total. The molecule has 0 saturated carbocycles. The molecule has 13 heteroatoms. The fourth-order valence-electron chi connectivity index (χ4n) is 2.73. The SMILES string of the molecule is O=C(O)CN1C(=O)/C(=C/c2ccc(-c3ccc(S(=O)(=O)Nc4nccs4)cc3)o2)SC1=S. The van der Waals surface area contributed by atoms with E-state index in [-0.39, 0.29) is 19.3 Å². The zero-order chi connectivity index (χ0) is 22.9. The van der Waals surface area contributed by atoms with Crippen molar-refractivity contribution >= 4 is 72.7 Å². The molecule has 1 aromatic carbocycles. The van der Waals surface area contributed by atoms with Gasteiger partial charge in [-0.1, -0.05) is 24.0 Å². The first-order valence-electron chi connectivity index (χ1n) is 8.83. The lowest BCUT2D eigenvalue weighted by Crippen LogP contribution is -2.33. The van der Waals surface area contributed by atoms with E-state index in [2.05, 4.69) is 9.71 Å². The summed E-state index contributed by atoms with van der Waals surface area (Å²) >= 11 is 7.24. The molecule has 1 aliphatic heterocycles. The lowest BCUT2D eigenvalue weighted by molar-refractivity contribution is -0.140. The molecule has 164 valence electrons. The summed E-state index contributed by atoms with van der Waals surface area (Å²) in [4.78, 5) is 28.5. The molecule has 0 spiro atoms. The molecular formula is C19H13N3O6S4. The number of aromatic nitrogens is 1. The number of carboxylic acid groups (broad SMARTS) is 1. The number of thiocarbonyl (C=S) groups is 1. The molecule has 3 heterocycles. The number of aliphatic carboxylic acids is 1. The molecule has 1 amide bonds. The molecule has 0 atom stereocenters. The van der Waals surface area contributed by atoms with Crippen molar-refractivity contribution < 1.29 is 27.5 Å². The zero-order valence-corrected chi connectivity index (χ0v) is 19.2. The summed E-state index contributed by atoms with van der Waals surface area (Å²) in [5, 5.41) is 10.8. The Kier molecular flexibility index (Phi) is 6.15. The highest BCUT2D eigenvalue weighted by Crippen LogP contribution is 2.33. The van der Waals surface area contributed by atoms with Crippen LogP contribution in [0.5, 0.6) is 0 Å². The third-order valence-electron chi connectivity index (χ3n) is 4.17. The number of thiazole rings is 1. The molecule has 0 bridgehead atoms. The minimum atomic E-state index is -3.76. The quantitative estimate of drug-likeness (QED) is 0.364. The standard InChI is InChI=1S/C19H13N3O6S4/c23-16(24)10-22-17(25)15(31-19(22)29)9-12-3-6-14(28-12)11-1-4-13(5-2-11)32(26,27)21-18-20-7-8-30-18/h1-9H,10H2,(H,20,21)(H,23,24)/b15-9-. The molecule has 2 aromatic heterocycles. The van der Waals surface area contributed by atoms with Crippen molar-refractivity contribution in [2.24, 2.45) is 0 Å². The highest BCUT2D eigenvalue weighted by atomic mass is 32.2. The molecule has 1 aliphatic rings. The average Bonchev–Trinajstić information content (AvgIpc) is 3.47. The van der Waals surface area contributed by atoms with Gasteiger partial charge in [-0.15, -0.1) is 11.3 Å². The van der Waals surface area contributed by atoms with E-state index in [1.54, 1.807) is 29.6 Å². The summed E-state index contributed by atoms with van der Waals surface area (Å²) in [5.74, 6) is -0.815. The van der Waals surface area contributed by atoms with Crippen molar-refractivity contribution in [3.8, 4) is 11.3 Å². The number of sulfonamides is 1. The van der Waals surface area contributed by atoms with Crippen LogP contribution in [-0.4, -0.2) is 46.1 Å². The number of amides is 1. The molecule has 32 heavy (non-hydrogen) atoms. The number of benzene rings is 1. The van der Waals surface area contributed by atoms with Crippen molar-refractivity contribution in [2.45, 2.75) is 4.90 Å². The van der Waals surface area contributed by atoms with Gasteiger partial charge >= 0.3 is 5.97 Å². The minimum absolute atomic E-state index is 0.0744. The summed E-state index contributed by atoms with van der Waals surface area (Å²) in [6.07, 6.45) is 2.99. The van der Waals surface area contributed by atoms with Crippen LogP contribution in [-0.2, 0) is 19.6 Å². The van der Waals surface area contributed by atoms with Crippen LogP contribution in [0, 0.1) is 0 Å². The summed E-state index contributed by atoms with van der Waals surface area (Å²) in [6, 6.07) is 9.43. The van der Waals surface area contributed by atoms with Gasteiger partial charge in [-0.2, -0.15) is 0 Å². The normalized spacial score (nSPS) is 15.5. The largest absolute Gasteiger partial charge is 0.480 e. The smallest absolute Gasteiger partial charge is 0.323 e. The van der Waals surface area contributed by atoms with Crippen LogP contribution >= 0.6 is 35.3 Å². The fraction of sp³-hybridized carbons (Fsp3) is 0.0526. The fourth-order valence-corrected chi connectivity index (χ4v) is 5.76. The number of thioether (sulfide) groups is 1. The lowest BCUT2D eigenvalue weighted by atomic mass is 10.2. The van der Waals surface area contributed by atoms with Crippen molar-refractivity contribution in [1.82, 2.24) is 9.88 Å². The van der Waals surface area contributed by atoms with E-state index in [1.807, 2.05) is 0 Å². The van der Waals surface area contributed by atoms with Crippen LogP contribution in [0.4, 0.5) is 5.13 Å². The maximum absolute atomic E-state index is 12.4. The number of furan rings is 1. The molecule has 0 unspecified atom stereocenters. The van der Waals surface area contributed by atoms with Crippen LogP contribution in [0.25, 0.3) is 17.4 Å². The Morgan fingerprint density at radius 3 is 2.66 bits per heavy atom. The van der Waals surface area contributed by atoms with E-state index in [4.69, 9.17) is 21.7 Å². The number of carbonyl (C=O) groups excluding carboxylic acids is 1. The Labute approximate surface area is 195 Å². The third-order valence-corrected chi connectivity index (χ3v) is 7.72. The predicted octanol–water partition coefficient (Wildman–Crippen LogP) is 3.49. The Balaban J connectivity index is 1.50. The molecule has 3 aromatic rings. The highest BCUT2D eigenvalue weighted by Gasteiger charge is 2.33. The second kappa shape index (κ2) is 8.86. The lowest BCUT2D eigenvalue weighted by Gasteiger charge is -2.09. The topological polar surface area (TPSA) is 130 Å². The van der Waals surface area contributed by atoms with E-state index in [9.17, 15) is 18.0 Å². The van der Waals surface area contributed by atoms with Gasteiger partial charge in [-0.3, -0.25) is 19.2 Å². The first-order valence-corrected chi connectivity index (χ1v) is 12.4. The van der Waals surface area contributed by atoms with Crippen LogP contribution < -0.4 is 4.72 Å². The van der Waals surface area contributed by atoms with Gasteiger partial charge in [0.25, 0.3) is 15.9 Å². The van der Waals surface area contributed by atoms with E-state index in [1.165, 1.54) is 35.7 Å². The van der Waals surface area contributed by atoms with Gasteiger partial charge in [-0.25, -0.2) is 13.4 Å². The zero-order valence-electron chi connectivity index (χ0n) is 15.9. The number of rotatable bonds is 7. The Hall–Kier alpha value is -3.00. The van der Waals surface area contributed by atoms with Gasteiger partial charge in [0.1, 0.15) is 22.4 Å². The molecule has 0 aliphatic carbocycles. The summed E-state index contributed by atoms with van der Waals surface area (Å²) in [5.41, 5.74) is 0.635. The van der Waals surface area contributed by atoms with E-state index in [0.29, 0.717) is 17.1 Å².